The molecule has 7 nitrogen and oxygen atoms in total. The van der Waals surface area contributed by atoms with Crippen molar-refractivity contribution in [3.05, 3.63) is 82.0 Å². The fourth-order valence-electron chi connectivity index (χ4n) is 2.90. The highest BCUT2D eigenvalue weighted by molar-refractivity contribution is 6.35. The van der Waals surface area contributed by atoms with Crippen LogP contribution in [0.25, 0.3) is 11.3 Å². The summed E-state index contributed by atoms with van der Waals surface area (Å²) in [6.45, 7) is 1.94. The van der Waals surface area contributed by atoms with Crippen LogP contribution in [-0.2, 0) is 9.53 Å². The number of nitrogens with zero attached hydrogens (tertiary/aromatic N) is 1. The average Bonchev–Trinajstić information content (AvgIpc) is 3.24. The van der Waals surface area contributed by atoms with Gasteiger partial charge in [-0.15, -0.1) is 0 Å². The Balaban J connectivity index is 1.62. The minimum Gasteiger partial charge on any atom is -0.455 e. The van der Waals surface area contributed by atoms with Crippen LogP contribution in [0.3, 0.4) is 0 Å². The number of carbonyl (C=O) groups excluding carboxylic acids is 2. The first kappa shape index (κ1) is 23.4. The van der Waals surface area contributed by atoms with Crippen molar-refractivity contribution in [1.82, 2.24) is 10.7 Å². The van der Waals surface area contributed by atoms with E-state index < -0.39 is 18.0 Å². The van der Waals surface area contributed by atoms with Crippen LogP contribution in [-0.4, -0.2) is 24.8 Å². The molecule has 0 aliphatic heterocycles. The van der Waals surface area contributed by atoms with Crippen LogP contribution in [0, 0.1) is 0 Å². The molecule has 0 aliphatic carbocycles. The van der Waals surface area contributed by atoms with Gasteiger partial charge in [0.1, 0.15) is 11.5 Å². The zero-order chi connectivity index (χ0) is 22.9. The standard InChI is InChI=1S/C23H21Cl2N3O4/c1-2-31-23(30)27-20(15-6-4-3-5-7-15)13-22(29)28-26-14-17-9-11-21(32-17)18-12-16(24)8-10-19(18)25/h3-12,14,20H,2,13H2,1H3,(H,27,30)(H,28,29)/b26-14-/t20-/m0/s1. The number of ether oxygens (including phenoxy) is 1. The lowest BCUT2D eigenvalue weighted by molar-refractivity contribution is -0.121. The number of hydrogen-bond donors (Lipinski definition) is 2. The van der Waals surface area contributed by atoms with Gasteiger partial charge in [0.15, 0.2) is 0 Å². The van der Waals surface area contributed by atoms with Crippen LogP contribution < -0.4 is 10.7 Å². The van der Waals surface area contributed by atoms with Gasteiger partial charge in [-0.25, -0.2) is 10.2 Å². The molecule has 0 fully saturated rings. The minimum absolute atomic E-state index is 0.0261. The predicted molar refractivity (Wildman–Crippen MR) is 124 cm³/mol. The molecule has 0 radical (unpaired) electrons. The SMILES string of the molecule is CCOC(=O)N[C@@H](CC(=O)N/N=C\c1ccc(-c2cc(Cl)ccc2Cl)o1)c1ccccc1. The quantitative estimate of drug-likeness (QED) is 0.329. The highest BCUT2D eigenvalue weighted by atomic mass is 35.5. The molecule has 0 saturated carbocycles. The van der Waals surface area contributed by atoms with Crippen molar-refractivity contribution < 1.29 is 18.7 Å². The summed E-state index contributed by atoms with van der Waals surface area (Å²) < 4.78 is 10.6. The second kappa shape index (κ2) is 11.4. The summed E-state index contributed by atoms with van der Waals surface area (Å²) in [7, 11) is 0. The molecule has 3 aromatic rings. The molecule has 0 spiro atoms. The average molecular weight is 474 g/mol. The van der Waals surface area contributed by atoms with Gasteiger partial charge in [0.05, 0.1) is 30.3 Å². The lowest BCUT2D eigenvalue weighted by Crippen LogP contribution is -2.33. The molecule has 0 saturated heterocycles. The molecule has 9 heteroatoms. The maximum Gasteiger partial charge on any atom is 0.407 e. The van der Waals surface area contributed by atoms with Crippen molar-refractivity contribution in [2.24, 2.45) is 5.10 Å². The van der Waals surface area contributed by atoms with Crippen molar-refractivity contribution in [3.8, 4) is 11.3 Å². The van der Waals surface area contributed by atoms with Gasteiger partial charge in [-0.05, 0) is 42.8 Å². The number of halogens is 2. The van der Waals surface area contributed by atoms with Gasteiger partial charge in [-0.3, -0.25) is 4.79 Å². The van der Waals surface area contributed by atoms with Gasteiger partial charge in [-0.2, -0.15) is 5.10 Å². The number of rotatable bonds is 8. The molecule has 3 rings (SSSR count). The van der Waals surface area contributed by atoms with E-state index in [2.05, 4.69) is 15.8 Å². The van der Waals surface area contributed by atoms with Crippen LogP contribution >= 0.6 is 23.2 Å². The van der Waals surface area contributed by atoms with Gasteiger partial charge < -0.3 is 14.5 Å². The van der Waals surface area contributed by atoms with Crippen LogP contribution in [0.2, 0.25) is 10.0 Å². The van der Waals surface area contributed by atoms with Gasteiger partial charge in [0.2, 0.25) is 5.91 Å². The van der Waals surface area contributed by atoms with Crippen LogP contribution in [0.1, 0.15) is 30.7 Å². The number of alkyl carbamates (subject to hydrolysis) is 1. The summed E-state index contributed by atoms with van der Waals surface area (Å²) in [5, 5.41) is 7.65. The highest BCUT2D eigenvalue weighted by Crippen LogP contribution is 2.31. The number of amides is 2. The van der Waals surface area contributed by atoms with E-state index in [-0.39, 0.29) is 13.0 Å². The fourth-order valence-corrected chi connectivity index (χ4v) is 3.29. The summed E-state index contributed by atoms with van der Waals surface area (Å²) in [6, 6.07) is 17.1. The summed E-state index contributed by atoms with van der Waals surface area (Å²) in [6.07, 6.45) is 0.748. The Morgan fingerprint density at radius 1 is 1.12 bits per heavy atom. The van der Waals surface area contributed by atoms with E-state index >= 15 is 0 Å². The van der Waals surface area contributed by atoms with Crippen LogP contribution in [0.5, 0.6) is 0 Å². The van der Waals surface area contributed by atoms with E-state index in [1.54, 1.807) is 37.3 Å². The number of furan rings is 1. The van der Waals surface area contributed by atoms with Crippen molar-refractivity contribution >= 4 is 41.4 Å². The molecule has 0 bridgehead atoms. The van der Waals surface area contributed by atoms with E-state index in [9.17, 15) is 9.59 Å². The normalized spacial score (nSPS) is 11.8. The maximum atomic E-state index is 12.4. The Labute approximate surface area is 195 Å². The minimum atomic E-state index is -0.597. The smallest absolute Gasteiger partial charge is 0.407 e. The number of benzene rings is 2. The second-order valence-electron chi connectivity index (χ2n) is 6.65. The molecule has 32 heavy (non-hydrogen) atoms. The molecule has 2 N–H and O–H groups in total. The molecule has 1 aromatic heterocycles. The highest BCUT2D eigenvalue weighted by Gasteiger charge is 2.19. The first-order valence-corrected chi connectivity index (χ1v) is 10.6. The van der Waals surface area contributed by atoms with Crippen LogP contribution in [0.4, 0.5) is 4.79 Å². The lowest BCUT2D eigenvalue weighted by Gasteiger charge is -2.17. The Hall–Kier alpha value is -3.29. The Kier molecular flexibility index (Phi) is 8.30. The van der Waals surface area contributed by atoms with Gasteiger partial charge in [-0.1, -0.05) is 53.5 Å². The van der Waals surface area contributed by atoms with E-state index in [1.165, 1.54) is 6.21 Å². The van der Waals surface area contributed by atoms with E-state index in [0.717, 1.165) is 5.56 Å². The summed E-state index contributed by atoms with van der Waals surface area (Å²) >= 11 is 12.2. The molecule has 0 aliphatic rings. The van der Waals surface area contributed by atoms with E-state index in [0.29, 0.717) is 27.1 Å². The Bertz CT molecular complexity index is 1100. The van der Waals surface area contributed by atoms with Gasteiger partial charge >= 0.3 is 6.09 Å². The van der Waals surface area contributed by atoms with Gasteiger partial charge in [0, 0.05) is 10.6 Å². The zero-order valence-electron chi connectivity index (χ0n) is 17.2. The summed E-state index contributed by atoms with van der Waals surface area (Å²) in [5.41, 5.74) is 3.86. The van der Waals surface area contributed by atoms with Crippen molar-refractivity contribution in [3.63, 3.8) is 0 Å². The molecule has 1 heterocycles. The Morgan fingerprint density at radius 2 is 1.91 bits per heavy atom. The maximum absolute atomic E-state index is 12.4. The molecule has 166 valence electrons. The van der Waals surface area contributed by atoms with Crippen molar-refractivity contribution in [1.29, 1.82) is 0 Å². The number of hydrazone groups is 1. The summed E-state index contributed by atoms with van der Waals surface area (Å²) in [4.78, 5) is 24.2. The third kappa shape index (κ3) is 6.60. The number of hydrogen-bond acceptors (Lipinski definition) is 5. The molecule has 1 atom stereocenters. The van der Waals surface area contributed by atoms with E-state index in [4.69, 9.17) is 32.4 Å². The number of nitrogens with one attached hydrogen (secondary N) is 2. The molecule has 2 aromatic carbocycles. The predicted octanol–water partition coefficient (Wildman–Crippen LogP) is 5.58. The van der Waals surface area contributed by atoms with E-state index in [1.807, 2.05) is 30.3 Å². The monoisotopic (exact) mass is 473 g/mol. The molecular weight excluding hydrogens is 453 g/mol. The zero-order valence-corrected chi connectivity index (χ0v) is 18.7. The van der Waals surface area contributed by atoms with Crippen LogP contribution in [0.15, 0.2) is 70.2 Å². The van der Waals surface area contributed by atoms with Gasteiger partial charge in [0.25, 0.3) is 0 Å². The molecule has 2 amide bonds. The summed E-state index contributed by atoms with van der Waals surface area (Å²) in [5.74, 6) is 0.547. The molecule has 0 unspecified atom stereocenters. The number of carbonyl (C=O) groups is 2. The van der Waals surface area contributed by atoms with Crippen molar-refractivity contribution in [2.45, 2.75) is 19.4 Å². The largest absolute Gasteiger partial charge is 0.455 e. The topological polar surface area (TPSA) is 92.9 Å². The second-order valence-corrected chi connectivity index (χ2v) is 7.50. The first-order valence-electron chi connectivity index (χ1n) is 9.81. The molecular formula is C23H21Cl2N3O4. The lowest BCUT2D eigenvalue weighted by atomic mass is 10.0. The first-order chi connectivity index (χ1) is 15.5. The third-order valence-corrected chi connectivity index (χ3v) is 4.93. The third-order valence-electron chi connectivity index (χ3n) is 4.36. The van der Waals surface area contributed by atoms with Crippen molar-refractivity contribution in [2.75, 3.05) is 6.61 Å². The Morgan fingerprint density at radius 3 is 2.66 bits per heavy atom. The fraction of sp³-hybridized carbons (Fsp3) is 0.174.